The van der Waals surface area contributed by atoms with Gasteiger partial charge in [0.1, 0.15) is 5.82 Å². The molecule has 168 valence electrons. The van der Waals surface area contributed by atoms with Crippen molar-refractivity contribution in [2.75, 3.05) is 45.2 Å². The molecule has 1 N–H and O–H groups in total. The van der Waals surface area contributed by atoms with Crippen molar-refractivity contribution in [1.82, 2.24) is 20.2 Å². The zero-order valence-corrected chi connectivity index (χ0v) is 20.3. The number of aromatic nitrogens is 2. The average molecular weight is 442 g/mol. The van der Waals surface area contributed by atoms with Crippen LogP contribution in [0.1, 0.15) is 55.2 Å². The van der Waals surface area contributed by atoms with Crippen LogP contribution in [-0.2, 0) is 11.2 Å². The first-order valence-electron chi connectivity index (χ1n) is 11.0. The van der Waals surface area contributed by atoms with E-state index in [0.717, 1.165) is 47.6 Å². The van der Waals surface area contributed by atoms with Crippen LogP contribution in [0.15, 0.2) is 35.5 Å². The van der Waals surface area contributed by atoms with Crippen LogP contribution < -0.4 is 10.2 Å². The molecule has 31 heavy (non-hydrogen) atoms. The Morgan fingerprint density at radius 2 is 1.81 bits per heavy atom. The van der Waals surface area contributed by atoms with Gasteiger partial charge in [0.25, 0.3) is 5.91 Å². The highest BCUT2D eigenvalue weighted by atomic mass is 32.2. The Kier molecular flexibility index (Phi) is 7.94. The lowest BCUT2D eigenvalue weighted by Gasteiger charge is -2.23. The van der Waals surface area contributed by atoms with E-state index in [1.165, 1.54) is 12.8 Å². The molecule has 0 radical (unpaired) electrons. The quantitative estimate of drug-likeness (QED) is 0.494. The molecule has 2 heterocycles. The van der Waals surface area contributed by atoms with Crippen molar-refractivity contribution >= 4 is 23.5 Å². The van der Waals surface area contributed by atoms with Crippen LogP contribution in [0.25, 0.3) is 0 Å². The summed E-state index contributed by atoms with van der Waals surface area (Å²) in [5.41, 5.74) is 2.91. The molecule has 3 rings (SSSR count). The molecule has 2 aromatic rings. The molecule has 0 aliphatic carbocycles. The van der Waals surface area contributed by atoms with Crippen molar-refractivity contribution in [3.8, 4) is 0 Å². The molecular formula is C24H35N5OS. The third-order valence-corrected chi connectivity index (χ3v) is 6.24. The maximum Gasteiger partial charge on any atom is 0.251 e. The van der Waals surface area contributed by atoms with Gasteiger partial charge in [-0.15, -0.1) is 0 Å². The second kappa shape index (κ2) is 10.5. The van der Waals surface area contributed by atoms with Gasteiger partial charge in [0.15, 0.2) is 5.16 Å². The summed E-state index contributed by atoms with van der Waals surface area (Å²) in [4.78, 5) is 26.4. The lowest BCUT2D eigenvalue weighted by Crippen LogP contribution is -2.31. The summed E-state index contributed by atoms with van der Waals surface area (Å²) >= 11 is 1.65. The summed E-state index contributed by atoms with van der Waals surface area (Å²) < 4.78 is 0. The fraction of sp³-hybridized carbons (Fsp3) is 0.542. The Bertz CT molecular complexity index is 871. The number of anilines is 1. The number of amides is 1. The largest absolute Gasteiger partial charge is 0.356 e. The van der Waals surface area contributed by atoms with Crippen molar-refractivity contribution in [2.45, 2.75) is 49.9 Å². The first-order valence-corrected chi connectivity index (χ1v) is 12.0. The smallest absolute Gasteiger partial charge is 0.251 e. The predicted octanol–water partition coefficient (Wildman–Crippen LogP) is 3.96. The van der Waals surface area contributed by atoms with Crippen LogP contribution in [-0.4, -0.2) is 61.0 Å². The highest BCUT2D eigenvalue weighted by Crippen LogP contribution is 2.29. The highest BCUT2D eigenvalue weighted by Gasteiger charge is 2.21. The average Bonchev–Trinajstić information content (AvgIpc) is 3.26. The number of rotatable bonds is 8. The van der Waals surface area contributed by atoms with E-state index < -0.39 is 0 Å². The lowest BCUT2D eigenvalue weighted by molar-refractivity contribution is 0.0951. The molecule has 0 saturated carbocycles. The molecule has 0 atom stereocenters. The fourth-order valence-electron chi connectivity index (χ4n) is 3.37. The Hall–Kier alpha value is -2.12. The van der Waals surface area contributed by atoms with Gasteiger partial charge in [-0.1, -0.05) is 44.7 Å². The number of nitrogens with zero attached hydrogens (tertiary/aromatic N) is 4. The number of thioether (sulfide) groups is 1. The van der Waals surface area contributed by atoms with Gasteiger partial charge in [0, 0.05) is 49.0 Å². The zero-order valence-electron chi connectivity index (χ0n) is 19.4. The number of nitrogens with one attached hydrogen (secondary N) is 1. The summed E-state index contributed by atoms with van der Waals surface area (Å²) in [5.74, 6) is 1.79. The predicted molar refractivity (Wildman–Crippen MR) is 129 cm³/mol. The maximum atomic E-state index is 12.3. The van der Waals surface area contributed by atoms with Gasteiger partial charge < -0.3 is 15.1 Å². The third kappa shape index (κ3) is 6.94. The van der Waals surface area contributed by atoms with Crippen LogP contribution in [0.4, 0.5) is 5.82 Å². The molecule has 6 nitrogen and oxygen atoms in total. The Morgan fingerprint density at radius 1 is 1.13 bits per heavy atom. The summed E-state index contributed by atoms with van der Waals surface area (Å²) in [6.07, 6.45) is 2.46. The molecular weight excluding hydrogens is 406 g/mol. The van der Waals surface area contributed by atoms with Gasteiger partial charge in [-0.3, -0.25) is 4.79 Å². The van der Waals surface area contributed by atoms with E-state index in [1.807, 2.05) is 43.3 Å². The number of hydrogen-bond acceptors (Lipinski definition) is 6. The topological polar surface area (TPSA) is 61.4 Å². The molecule has 1 aromatic carbocycles. The van der Waals surface area contributed by atoms with Crippen LogP contribution in [0.3, 0.4) is 0 Å². The first kappa shape index (κ1) is 23.5. The van der Waals surface area contributed by atoms with E-state index in [2.05, 4.69) is 37.1 Å². The number of hydrogen-bond donors (Lipinski definition) is 1. The Balaban J connectivity index is 1.65. The normalized spacial score (nSPS) is 14.3. The van der Waals surface area contributed by atoms with Gasteiger partial charge in [-0.2, -0.15) is 0 Å². The van der Waals surface area contributed by atoms with Crippen LogP contribution in [0.5, 0.6) is 0 Å². The molecule has 1 aliphatic heterocycles. The highest BCUT2D eigenvalue weighted by molar-refractivity contribution is 7.98. The monoisotopic (exact) mass is 441 g/mol. The van der Waals surface area contributed by atoms with E-state index >= 15 is 0 Å². The van der Waals surface area contributed by atoms with Crippen molar-refractivity contribution in [3.63, 3.8) is 0 Å². The second-order valence-electron chi connectivity index (χ2n) is 9.38. The van der Waals surface area contributed by atoms with Gasteiger partial charge in [0.2, 0.25) is 0 Å². The lowest BCUT2D eigenvalue weighted by atomic mass is 9.92. The van der Waals surface area contributed by atoms with Crippen molar-refractivity contribution < 1.29 is 4.79 Å². The number of likely N-dealkylation sites (N-methyl/N-ethyl adjacent to an activating group) is 1. The van der Waals surface area contributed by atoms with Crippen molar-refractivity contribution in [2.24, 2.45) is 0 Å². The minimum Gasteiger partial charge on any atom is -0.356 e. The molecule has 1 fully saturated rings. The van der Waals surface area contributed by atoms with E-state index in [9.17, 15) is 4.79 Å². The molecule has 0 unspecified atom stereocenters. The minimum absolute atomic E-state index is 0.0195. The molecule has 0 spiro atoms. The Morgan fingerprint density at radius 3 is 2.42 bits per heavy atom. The fourth-order valence-corrected chi connectivity index (χ4v) is 4.17. The van der Waals surface area contributed by atoms with E-state index in [-0.39, 0.29) is 11.3 Å². The first-order chi connectivity index (χ1) is 14.7. The molecule has 1 saturated heterocycles. The van der Waals surface area contributed by atoms with Gasteiger partial charge >= 0.3 is 0 Å². The van der Waals surface area contributed by atoms with Gasteiger partial charge in [-0.25, -0.2) is 9.97 Å². The van der Waals surface area contributed by atoms with Gasteiger partial charge in [-0.05, 0) is 44.6 Å². The van der Waals surface area contributed by atoms with E-state index in [0.29, 0.717) is 12.1 Å². The van der Waals surface area contributed by atoms with E-state index in [4.69, 9.17) is 9.97 Å². The van der Waals surface area contributed by atoms with Crippen LogP contribution in [0.2, 0.25) is 0 Å². The van der Waals surface area contributed by atoms with Crippen molar-refractivity contribution in [3.05, 3.63) is 47.2 Å². The standard InChI is InChI=1S/C24H35N5OS/c1-24(2,3)20-16-21(29-13-6-7-14-29)27-23(26-20)31-17-18-8-10-19(11-9-18)22(30)25-12-15-28(4)5/h8-11,16H,6-7,12-15,17H2,1-5H3,(H,25,30). The molecule has 7 heteroatoms. The second-order valence-corrected chi connectivity index (χ2v) is 10.3. The maximum absolute atomic E-state index is 12.3. The van der Waals surface area contributed by atoms with Gasteiger partial charge in [0.05, 0.1) is 5.69 Å². The molecule has 1 aliphatic rings. The zero-order chi connectivity index (χ0) is 22.4. The number of benzene rings is 1. The molecule has 1 aromatic heterocycles. The summed E-state index contributed by atoms with van der Waals surface area (Å²) in [6, 6.07) is 9.97. The SMILES string of the molecule is CN(C)CCNC(=O)c1ccc(CSc2nc(N3CCCC3)cc(C(C)(C)C)n2)cc1. The molecule has 1 amide bonds. The summed E-state index contributed by atoms with van der Waals surface area (Å²) in [7, 11) is 3.99. The van der Waals surface area contributed by atoms with Crippen molar-refractivity contribution in [1.29, 1.82) is 0 Å². The summed E-state index contributed by atoms with van der Waals surface area (Å²) in [6.45, 7) is 10.2. The van der Waals surface area contributed by atoms with Crippen LogP contribution in [0, 0.1) is 0 Å². The summed E-state index contributed by atoms with van der Waals surface area (Å²) in [5, 5.41) is 3.77. The Labute approximate surface area is 190 Å². The number of carbonyl (C=O) groups excluding carboxylic acids is 1. The molecule has 0 bridgehead atoms. The van der Waals surface area contributed by atoms with E-state index in [1.54, 1.807) is 11.8 Å². The van der Waals surface area contributed by atoms with Crippen LogP contribution >= 0.6 is 11.8 Å². The number of carbonyl (C=O) groups is 1. The minimum atomic E-state index is -0.0301. The third-order valence-electron chi connectivity index (χ3n) is 5.32.